The van der Waals surface area contributed by atoms with Crippen LogP contribution in [0.4, 0.5) is 0 Å². The molecule has 1 rings (SSSR count). The quantitative estimate of drug-likeness (QED) is 0.584. The van der Waals surface area contributed by atoms with Gasteiger partial charge in [-0.3, -0.25) is 0 Å². The number of rotatable bonds is 11. The van der Waals surface area contributed by atoms with Crippen molar-refractivity contribution in [3.05, 3.63) is 0 Å². The van der Waals surface area contributed by atoms with E-state index in [0.717, 1.165) is 26.2 Å². The van der Waals surface area contributed by atoms with E-state index in [4.69, 9.17) is 4.74 Å². The first kappa shape index (κ1) is 16.9. The fourth-order valence-corrected chi connectivity index (χ4v) is 2.73. The Bertz CT molecular complexity index is 205. The van der Waals surface area contributed by atoms with Crippen molar-refractivity contribution >= 4 is 0 Å². The van der Waals surface area contributed by atoms with E-state index >= 15 is 0 Å². The van der Waals surface area contributed by atoms with Gasteiger partial charge in [0.25, 0.3) is 0 Å². The normalized spacial score (nSPS) is 21.2. The van der Waals surface area contributed by atoms with Gasteiger partial charge in [0.1, 0.15) is 0 Å². The molecule has 0 amide bonds. The number of ether oxygens (including phenoxy) is 1. The Hall–Kier alpha value is -0.120. The van der Waals surface area contributed by atoms with Crippen molar-refractivity contribution in [2.24, 2.45) is 0 Å². The van der Waals surface area contributed by atoms with Crippen LogP contribution in [-0.2, 0) is 4.74 Å². The van der Waals surface area contributed by atoms with E-state index < -0.39 is 0 Å². The minimum absolute atomic E-state index is 0.505. The molecule has 114 valence electrons. The van der Waals surface area contributed by atoms with Crippen LogP contribution < -0.4 is 5.32 Å². The number of hydrogen-bond acceptors (Lipinski definition) is 3. The fraction of sp³-hybridized carbons (Fsp3) is 1.00. The molecule has 1 heterocycles. The third kappa shape index (κ3) is 7.91. The summed E-state index contributed by atoms with van der Waals surface area (Å²) < 4.78 is 5.72. The maximum atomic E-state index is 5.72. The molecule has 1 N–H and O–H groups in total. The highest BCUT2D eigenvalue weighted by molar-refractivity contribution is 4.70. The number of hydrogen-bond donors (Lipinski definition) is 1. The highest BCUT2D eigenvalue weighted by Crippen LogP contribution is 2.13. The molecule has 2 unspecified atom stereocenters. The molecule has 0 aromatic heterocycles. The number of unbranched alkanes of at least 4 members (excludes halogenated alkanes) is 1. The summed E-state index contributed by atoms with van der Waals surface area (Å²) in [5, 5.41) is 3.56. The second kappa shape index (κ2) is 10.6. The van der Waals surface area contributed by atoms with Gasteiger partial charge in [-0.2, -0.15) is 0 Å². The average molecular weight is 270 g/mol. The maximum Gasteiger partial charge on any atom is 0.0702 e. The predicted octanol–water partition coefficient (Wildman–Crippen LogP) is 3.05. The summed E-state index contributed by atoms with van der Waals surface area (Å²) in [6.07, 6.45) is 8.20. The van der Waals surface area contributed by atoms with Gasteiger partial charge >= 0.3 is 0 Å². The molecule has 1 aliphatic rings. The van der Waals surface area contributed by atoms with Gasteiger partial charge in [0.15, 0.2) is 0 Å². The van der Waals surface area contributed by atoms with E-state index in [2.05, 4.69) is 31.0 Å². The van der Waals surface area contributed by atoms with Gasteiger partial charge in [-0.05, 0) is 58.7 Å². The van der Waals surface area contributed by atoms with E-state index in [9.17, 15) is 0 Å². The molecule has 0 aliphatic carbocycles. The number of likely N-dealkylation sites (N-methyl/N-ethyl adjacent to an activating group) is 1. The molecule has 0 bridgehead atoms. The molecular formula is C16H34N2O. The zero-order valence-corrected chi connectivity index (χ0v) is 13.3. The van der Waals surface area contributed by atoms with Gasteiger partial charge < -0.3 is 15.0 Å². The number of nitrogens with zero attached hydrogens (tertiary/aromatic N) is 1. The largest absolute Gasteiger partial charge is 0.377 e. The molecule has 0 saturated carbocycles. The first-order valence-electron chi connectivity index (χ1n) is 8.33. The van der Waals surface area contributed by atoms with Crippen molar-refractivity contribution < 1.29 is 4.74 Å². The minimum Gasteiger partial charge on any atom is -0.377 e. The first-order valence-corrected chi connectivity index (χ1v) is 8.33. The Morgan fingerprint density at radius 2 is 2.16 bits per heavy atom. The lowest BCUT2D eigenvalue weighted by Crippen LogP contribution is -2.33. The van der Waals surface area contributed by atoms with Gasteiger partial charge in [-0.25, -0.2) is 0 Å². The summed E-state index contributed by atoms with van der Waals surface area (Å²) in [5.74, 6) is 0. The van der Waals surface area contributed by atoms with Gasteiger partial charge in [0, 0.05) is 19.2 Å². The molecule has 0 radical (unpaired) electrons. The fourth-order valence-electron chi connectivity index (χ4n) is 2.73. The molecule has 2 atom stereocenters. The Balaban J connectivity index is 2.02. The van der Waals surface area contributed by atoms with Gasteiger partial charge in [0.05, 0.1) is 6.10 Å². The van der Waals surface area contributed by atoms with Gasteiger partial charge in [-0.15, -0.1) is 0 Å². The van der Waals surface area contributed by atoms with Gasteiger partial charge in [-0.1, -0.05) is 20.3 Å². The summed E-state index contributed by atoms with van der Waals surface area (Å²) in [4.78, 5) is 2.56. The van der Waals surface area contributed by atoms with Crippen LogP contribution in [0.25, 0.3) is 0 Å². The second-order valence-corrected chi connectivity index (χ2v) is 5.88. The first-order chi connectivity index (χ1) is 9.26. The van der Waals surface area contributed by atoms with Crippen LogP contribution in [0.1, 0.15) is 59.3 Å². The smallest absolute Gasteiger partial charge is 0.0702 e. The van der Waals surface area contributed by atoms with Gasteiger partial charge in [0.2, 0.25) is 0 Å². The van der Waals surface area contributed by atoms with E-state index in [1.165, 1.54) is 45.1 Å². The lowest BCUT2D eigenvalue weighted by molar-refractivity contribution is 0.0742. The molecular weight excluding hydrogens is 236 g/mol. The highest BCUT2D eigenvalue weighted by Gasteiger charge is 2.18. The van der Waals surface area contributed by atoms with Crippen molar-refractivity contribution in [3.8, 4) is 0 Å². The standard InChI is InChI=1S/C16H34N2O/c1-4-11-17-15(3)9-6-7-12-18(5-2)14-16-10-8-13-19-16/h15-17H,4-14H2,1-3H3. The Morgan fingerprint density at radius 1 is 1.32 bits per heavy atom. The van der Waals surface area contributed by atoms with Crippen LogP contribution in [0.2, 0.25) is 0 Å². The van der Waals surface area contributed by atoms with Crippen molar-refractivity contribution in [2.45, 2.75) is 71.4 Å². The molecule has 19 heavy (non-hydrogen) atoms. The molecule has 0 aromatic carbocycles. The van der Waals surface area contributed by atoms with Crippen molar-refractivity contribution in [1.82, 2.24) is 10.2 Å². The molecule has 0 spiro atoms. The van der Waals surface area contributed by atoms with Crippen LogP contribution >= 0.6 is 0 Å². The Kier molecular flexibility index (Phi) is 9.48. The topological polar surface area (TPSA) is 24.5 Å². The third-order valence-electron chi connectivity index (χ3n) is 4.04. The number of nitrogens with one attached hydrogen (secondary N) is 1. The SMILES string of the molecule is CCCNC(C)CCCCN(CC)CC1CCCO1. The van der Waals surface area contributed by atoms with E-state index in [1.54, 1.807) is 0 Å². The lowest BCUT2D eigenvalue weighted by atomic mass is 10.1. The average Bonchev–Trinajstić information content (AvgIpc) is 2.92. The summed E-state index contributed by atoms with van der Waals surface area (Å²) >= 11 is 0. The van der Waals surface area contributed by atoms with Crippen molar-refractivity contribution in [3.63, 3.8) is 0 Å². The molecule has 3 nitrogen and oxygen atoms in total. The second-order valence-electron chi connectivity index (χ2n) is 5.88. The maximum absolute atomic E-state index is 5.72. The van der Waals surface area contributed by atoms with Crippen LogP contribution in [0, 0.1) is 0 Å². The zero-order chi connectivity index (χ0) is 13.9. The van der Waals surface area contributed by atoms with Crippen molar-refractivity contribution in [2.75, 3.05) is 32.8 Å². The molecule has 0 aromatic rings. The van der Waals surface area contributed by atoms with E-state index in [0.29, 0.717) is 12.1 Å². The molecule has 1 saturated heterocycles. The van der Waals surface area contributed by atoms with Crippen LogP contribution in [0.5, 0.6) is 0 Å². The zero-order valence-electron chi connectivity index (χ0n) is 13.3. The summed E-state index contributed by atoms with van der Waals surface area (Å²) in [5.41, 5.74) is 0. The van der Waals surface area contributed by atoms with Crippen LogP contribution in [0.15, 0.2) is 0 Å². The summed E-state index contributed by atoms with van der Waals surface area (Å²) in [6, 6.07) is 0.674. The Morgan fingerprint density at radius 3 is 2.79 bits per heavy atom. The molecule has 3 heteroatoms. The monoisotopic (exact) mass is 270 g/mol. The summed E-state index contributed by atoms with van der Waals surface area (Å²) in [7, 11) is 0. The summed E-state index contributed by atoms with van der Waals surface area (Å²) in [6.45, 7) is 12.5. The predicted molar refractivity (Wildman–Crippen MR) is 82.7 cm³/mol. The minimum atomic E-state index is 0.505. The van der Waals surface area contributed by atoms with E-state index in [1.807, 2.05) is 0 Å². The Labute approximate surface area is 120 Å². The highest BCUT2D eigenvalue weighted by atomic mass is 16.5. The van der Waals surface area contributed by atoms with Crippen LogP contribution in [-0.4, -0.2) is 49.8 Å². The van der Waals surface area contributed by atoms with E-state index in [-0.39, 0.29) is 0 Å². The van der Waals surface area contributed by atoms with Crippen LogP contribution in [0.3, 0.4) is 0 Å². The molecule has 1 fully saturated rings. The third-order valence-corrected chi connectivity index (χ3v) is 4.04. The lowest BCUT2D eigenvalue weighted by Gasteiger charge is -2.23. The van der Waals surface area contributed by atoms with Crippen molar-refractivity contribution in [1.29, 1.82) is 0 Å². The molecule has 1 aliphatic heterocycles.